The molecule has 1 heterocycles. The average Bonchev–Trinajstić information content (AvgIpc) is 2.40. The van der Waals surface area contributed by atoms with E-state index in [4.69, 9.17) is 0 Å². The number of methoxy groups -OCH3 is 1. The van der Waals surface area contributed by atoms with Crippen molar-refractivity contribution in [1.82, 2.24) is 10.2 Å². The molecule has 1 aliphatic rings. The van der Waals surface area contributed by atoms with Crippen LogP contribution in [0.5, 0.6) is 0 Å². The van der Waals surface area contributed by atoms with Crippen molar-refractivity contribution in [2.75, 3.05) is 21.2 Å². The van der Waals surface area contributed by atoms with Crippen molar-refractivity contribution in [3.63, 3.8) is 0 Å². The van der Waals surface area contributed by atoms with Gasteiger partial charge in [-0.1, -0.05) is 0 Å². The minimum atomic E-state index is -0.501. The van der Waals surface area contributed by atoms with Gasteiger partial charge in [-0.2, -0.15) is 0 Å². The Kier molecular flexibility index (Phi) is 3.14. The van der Waals surface area contributed by atoms with Crippen LogP contribution in [0.3, 0.4) is 0 Å². The first kappa shape index (κ1) is 11.3. The van der Waals surface area contributed by atoms with E-state index in [2.05, 4.69) is 10.1 Å². The Hall–Kier alpha value is -1.78. The Bertz CT molecular complexity index is 367. The summed E-state index contributed by atoms with van der Waals surface area (Å²) in [5.41, 5.74) is 1.17. The van der Waals surface area contributed by atoms with Gasteiger partial charge < -0.3 is 15.0 Å². The van der Waals surface area contributed by atoms with Crippen LogP contribution in [0.25, 0.3) is 0 Å². The topological polar surface area (TPSA) is 58.6 Å². The Morgan fingerprint density at radius 2 is 2.07 bits per heavy atom. The molecule has 0 saturated heterocycles. The Morgan fingerprint density at radius 1 is 1.47 bits per heavy atom. The van der Waals surface area contributed by atoms with Crippen molar-refractivity contribution < 1.29 is 14.3 Å². The first-order chi connectivity index (χ1) is 6.97. The summed E-state index contributed by atoms with van der Waals surface area (Å²) in [5, 5.41) is 2.58. The van der Waals surface area contributed by atoms with Crippen LogP contribution in [0.2, 0.25) is 0 Å². The molecular formula is C10H14N2O3. The van der Waals surface area contributed by atoms with Gasteiger partial charge in [0.1, 0.15) is 0 Å². The second-order valence-electron chi connectivity index (χ2n) is 3.45. The fraction of sp³-hybridized carbons (Fsp3) is 0.400. The fourth-order valence-electron chi connectivity index (χ4n) is 1.36. The zero-order chi connectivity index (χ0) is 11.6. The maximum Gasteiger partial charge on any atom is 0.340 e. The van der Waals surface area contributed by atoms with Crippen molar-refractivity contribution in [3.05, 3.63) is 23.0 Å². The largest absolute Gasteiger partial charge is 0.465 e. The molecule has 0 bridgehead atoms. The predicted molar refractivity (Wildman–Crippen MR) is 54.6 cm³/mol. The molecule has 82 valence electrons. The molecule has 0 saturated carbocycles. The van der Waals surface area contributed by atoms with Crippen molar-refractivity contribution in [2.24, 2.45) is 0 Å². The number of esters is 1. The number of allylic oxidation sites excluding steroid dienone is 1. The molecule has 0 spiro atoms. The molecule has 5 nitrogen and oxygen atoms in total. The standard InChI is InChI=1S/C10H14N2O3/c1-6-8(10(14)15-4)7(5-12(2)3)9(13)11-6/h5H,1-4H3,(H,11,13)/b7-5-. The Balaban J connectivity index is 3.14. The zero-order valence-corrected chi connectivity index (χ0v) is 9.25. The van der Waals surface area contributed by atoms with Crippen LogP contribution in [0.1, 0.15) is 6.92 Å². The zero-order valence-electron chi connectivity index (χ0n) is 9.25. The van der Waals surface area contributed by atoms with Gasteiger partial charge in [-0.25, -0.2) is 4.79 Å². The lowest BCUT2D eigenvalue weighted by molar-refractivity contribution is -0.136. The third-order valence-electron chi connectivity index (χ3n) is 1.97. The molecule has 1 rings (SSSR count). The summed E-state index contributed by atoms with van der Waals surface area (Å²) < 4.78 is 4.62. The van der Waals surface area contributed by atoms with Crippen LogP contribution in [0.15, 0.2) is 23.0 Å². The van der Waals surface area contributed by atoms with Crippen LogP contribution in [-0.4, -0.2) is 38.0 Å². The molecule has 0 unspecified atom stereocenters. The molecule has 1 aliphatic heterocycles. The van der Waals surface area contributed by atoms with Gasteiger partial charge in [-0.15, -0.1) is 0 Å². The van der Waals surface area contributed by atoms with Gasteiger partial charge in [-0.05, 0) is 6.92 Å². The summed E-state index contributed by atoms with van der Waals surface area (Å²) in [6.07, 6.45) is 1.60. The summed E-state index contributed by atoms with van der Waals surface area (Å²) in [5.74, 6) is -0.777. The number of rotatable bonds is 2. The van der Waals surface area contributed by atoms with Crippen LogP contribution < -0.4 is 5.32 Å². The van der Waals surface area contributed by atoms with Crippen LogP contribution in [-0.2, 0) is 14.3 Å². The number of hydrogen-bond acceptors (Lipinski definition) is 4. The fourth-order valence-corrected chi connectivity index (χ4v) is 1.36. The quantitative estimate of drug-likeness (QED) is 0.515. The Labute approximate surface area is 88.4 Å². The lowest BCUT2D eigenvalue weighted by Crippen LogP contribution is -2.17. The van der Waals surface area contributed by atoms with Crippen molar-refractivity contribution in [3.8, 4) is 0 Å². The molecule has 0 aromatic heterocycles. The third kappa shape index (κ3) is 2.18. The van der Waals surface area contributed by atoms with Gasteiger partial charge in [0, 0.05) is 26.0 Å². The van der Waals surface area contributed by atoms with E-state index >= 15 is 0 Å². The number of carbonyl (C=O) groups is 2. The minimum absolute atomic E-state index is 0.276. The molecule has 0 fully saturated rings. The number of amides is 1. The van der Waals surface area contributed by atoms with Gasteiger partial charge in [0.2, 0.25) is 0 Å². The Morgan fingerprint density at radius 3 is 2.53 bits per heavy atom. The molecule has 0 radical (unpaired) electrons. The molecule has 0 atom stereocenters. The van der Waals surface area contributed by atoms with Gasteiger partial charge >= 0.3 is 5.97 Å². The predicted octanol–water partition coefficient (Wildman–Crippen LogP) is 0.00870. The summed E-state index contributed by atoms with van der Waals surface area (Å²) in [4.78, 5) is 24.6. The molecule has 15 heavy (non-hydrogen) atoms. The van der Waals surface area contributed by atoms with Gasteiger partial charge in [0.05, 0.1) is 18.3 Å². The number of carbonyl (C=O) groups excluding carboxylic acids is 2. The van der Waals surface area contributed by atoms with E-state index in [9.17, 15) is 9.59 Å². The van der Waals surface area contributed by atoms with Gasteiger partial charge in [-0.3, -0.25) is 4.79 Å². The monoisotopic (exact) mass is 210 g/mol. The van der Waals surface area contributed by atoms with Crippen molar-refractivity contribution in [2.45, 2.75) is 6.92 Å². The second-order valence-corrected chi connectivity index (χ2v) is 3.45. The first-order valence-corrected chi connectivity index (χ1v) is 4.46. The molecule has 0 aliphatic carbocycles. The van der Waals surface area contributed by atoms with Crippen LogP contribution in [0, 0.1) is 0 Å². The van der Waals surface area contributed by atoms with E-state index in [1.165, 1.54) is 7.11 Å². The van der Waals surface area contributed by atoms with Gasteiger partial charge in [0.25, 0.3) is 5.91 Å². The molecule has 1 amide bonds. The molecule has 0 aromatic rings. The summed E-state index contributed by atoms with van der Waals surface area (Å²) in [6, 6.07) is 0. The number of hydrogen-bond donors (Lipinski definition) is 1. The highest BCUT2D eigenvalue weighted by molar-refractivity contribution is 6.13. The van der Waals surface area contributed by atoms with Crippen LogP contribution >= 0.6 is 0 Å². The van der Waals surface area contributed by atoms with Crippen molar-refractivity contribution in [1.29, 1.82) is 0 Å². The van der Waals surface area contributed by atoms with Crippen LogP contribution in [0.4, 0.5) is 0 Å². The van der Waals surface area contributed by atoms with E-state index in [0.717, 1.165) is 0 Å². The van der Waals surface area contributed by atoms with Crippen molar-refractivity contribution >= 4 is 11.9 Å². The smallest absolute Gasteiger partial charge is 0.340 e. The van der Waals surface area contributed by atoms with E-state index in [0.29, 0.717) is 16.8 Å². The van der Waals surface area contributed by atoms with E-state index in [-0.39, 0.29) is 5.91 Å². The maximum absolute atomic E-state index is 11.5. The number of nitrogens with zero attached hydrogens (tertiary/aromatic N) is 1. The molecule has 1 N–H and O–H groups in total. The summed E-state index contributed by atoms with van der Waals surface area (Å²) in [6.45, 7) is 1.67. The molecule has 5 heteroatoms. The molecular weight excluding hydrogens is 196 g/mol. The minimum Gasteiger partial charge on any atom is -0.465 e. The van der Waals surface area contributed by atoms with E-state index < -0.39 is 5.97 Å². The van der Waals surface area contributed by atoms with E-state index in [1.54, 1.807) is 32.1 Å². The number of nitrogens with one attached hydrogen (secondary N) is 1. The first-order valence-electron chi connectivity index (χ1n) is 4.46. The molecule has 0 aromatic carbocycles. The van der Waals surface area contributed by atoms with E-state index in [1.807, 2.05) is 0 Å². The highest BCUT2D eigenvalue weighted by atomic mass is 16.5. The lowest BCUT2D eigenvalue weighted by atomic mass is 10.1. The third-order valence-corrected chi connectivity index (χ3v) is 1.97. The SMILES string of the molecule is COC(=O)C1=C(C)NC(=O)/C1=C\N(C)C. The summed E-state index contributed by atoms with van der Waals surface area (Å²) in [7, 11) is 4.85. The highest BCUT2D eigenvalue weighted by Gasteiger charge is 2.30. The normalized spacial score (nSPS) is 18.1. The maximum atomic E-state index is 11.5. The summed E-state index contributed by atoms with van der Waals surface area (Å²) >= 11 is 0. The average molecular weight is 210 g/mol. The number of ether oxygens (including phenoxy) is 1. The second kappa shape index (κ2) is 4.16. The van der Waals surface area contributed by atoms with Gasteiger partial charge in [0.15, 0.2) is 0 Å². The highest BCUT2D eigenvalue weighted by Crippen LogP contribution is 2.22. The lowest BCUT2D eigenvalue weighted by Gasteiger charge is -2.07.